The number of hydrogen-bond donors (Lipinski definition) is 1. The lowest BCUT2D eigenvalue weighted by molar-refractivity contribution is -0.0328. The van der Waals surface area contributed by atoms with Gasteiger partial charge in [0.1, 0.15) is 5.82 Å². The number of halogens is 3. The Bertz CT molecular complexity index is 382. The van der Waals surface area contributed by atoms with E-state index in [2.05, 4.69) is 10.3 Å². The molecule has 0 aliphatic rings. The van der Waals surface area contributed by atoms with Crippen molar-refractivity contribution in [3.8, 4) is 0 Å². The Morgan fingerprint density at radius 3 is 2.84 bits per heavy atom. The number of alkyl halides is 3. The molecule has 0 unspecified atom stereocenters. The van der Waals surface area contributed by atoms with E-state index in [4.69, 9.17) is 4.74 Å². The van der Waals surface area contributed by atoms with Crippen LogP contribution in [-0.4, -0.2) is 41.1 Å². The predicted molar refractivity (Wildman–Crippen MR) is 69.1 cm³/mol. The largest absolute Gasteiger partial charge is 0.441 e. The zero-order valence-corrected chi connectivity index (χ0v) is 11.8. The van der Waals surface area contributed by atoms with E-state index >= 15 is 0 Å². The van der Waals surface area contributed by atoms with Gasteiger partial charge >= 0.3 is 5.51 Å². The molecule has 0 atom stereocenters. The summed E-state index contributed by atoms with van der Waals surface area (Å²) in [7, 11) is 1.62. The Labute approximate surface area is 114 Å². The predicted octanol–water partition coefficient (Wildman–Crippen LogP) is 2.18. The Morgan fingerprint density at radius 1 is 1.47 bits per heavy atom. The third-order valence-corrected chi connectivity index (χ3v) is 3.22. The van der Waals surface area contributed by atoms with Crippen LogP contribution < -0.4 is 5.32 Å². The number of thioether (sulfide) groups is 1. The molecule has 4 nitrogen and oxygen atoms in total. The minimum atomic E-state index is -4.18. The molecule has 0 bridgehead atoms. The van der Waals surface area contributed by atoms with Crippen molar-refractivity contribution >= 4 is 11.8 Å². The lowest BCUT2D eigenvalue weighted by atomic mass is 10.4. The molecule has 1 aromatic heterocycles. The number of hydrogen-bond acceptors (Lipinski definition) is 4. The topological polar surface area (TPSA) is 39.1 Å². The maximum Gasteiger partial charge on any atom is 0.441 e. The van der Waals surface area contributed by atoms with Gasteiger partial charge in [-0.25, -0.2) is 4.98 Å². The van der Waals surface area contributed by atoms with E-state index < -0.39 is 5.51 Å². The summed E-state index contributed by atoms with van der Waals surface area (Å²) in [5, 5.41) is 3.15. The second-order valence-corrected chi connectivity index (χ2v) is 5.07. The average molecular weight is 297 g/mol. The normalized spacial score (nSPS) is 12.1. The van der Waals surface area contributed by atoms with E-state index in [-0.39, 0.29) is 17.5 Å². The highest BCUT2D eigenvalue weighted by atomic mass is 32.2. The molecule has 0 aliphatic carbocycles. The smallest absolute Gasteiger partial charge is 0.383 e. The zero-order chi connectivity index (χ0) is 14.3. The van der Waals surface area contributed by atoms with Crippen molar-refractivity contribution in [2.75, 3.05) is 26.0 Å². The fraction of sp³-hybridized carbons (Fsp3) is 0.727. The highest BCUT2D eigenvalue weighted by Gasteiger charge is 2.27. The maximum absolute atomic E-state index is 12.1. The van der Waals surface area contributed by atoms with Crippen LogP contribution in [-0.2, 0) is 17.8 Å². The molecule has 1 rings (SSSR count). The van der Waals surface area contributed by atoms with Crippen molar-refractivity contribution < 1.29 is 17.9 Å². The van der Waals surface area contributed by atoms with Gasteiger partial charge in [-0.15, -0.1) is 0 Å². The number of imidazole rings is 1. The average Bonchev–Trinajstić information content (AvgIpc) is 2.65. The SMILES string of the molecule is COCCNCc1cnc(C)n1CCSC(F)(F)F. The molecule has 19 heavy (non-hydrogen) atoms. The molecular weight excluding hydrogens is 279 g/mol. The maximum atomic E-state index is 12.1. The molecule has 0 aromatic carbocycles. The number of aromatic nitrogens is 2. The van der Waals surface area contributed by atoms with E-state index in [0.29, 0.717) is 26.2 Å². The number of nitrogens with one attached hydrogen (secondary N) is 1. The second kappa shape index (κ2) is 7.76. The van der Waals surface area contributed by atoms with Crippen LogP contribution in [0.3, 0.4) is 0 Å². The number of ether oxygens (including phenoxy) is 1. The van der Waals surface area contributed by atoms with Crippen LogP contribution in [0, 0.1) is 6.92 Å². The molecule has 1 aromatic rings. The summed E-state index contributed by atoms with van der Waals surface area (Å²) < 4.78 is 43.0. The summed E-state index contributed by atoms with van der Waals surface area (Å²) in [6.07, 6.45) is 1.69. The monoisotopic (exact) mass is 297 g/mol. The molecule has 1 heterocycles. The number of methoxy groups -OCH3 is 1. The quantitative estimate of drug-likeness (QED) is 0.747. The van der Waals surface area contributed by atoms with Gasteiger partial charge in [0.05, 0.1) is 12.3 Å². The molecule has 0 aliphatic heterocycles. The van der Waals surface area contributed by atoms with Crippen LogP contribution in [0.25, 0.3) is 0 Å². The Hall–Kier alpha value is -0.730. The molecular formula is C11H18F3N3OS. The van der Waals surface area contributed by atoms with Gasteiger partial charge in [0, 0.05) is 38.7 Å². The molecule has 0 amide bonds. The van der Waals surface area contributed by atoms with Crippen molar-refractivity contribution in [1.82, 2.24) is 14.9 Å². The third-order valence-electron chi connectivity index (χ3n) is 2.51. The Morgan fingerprint density at radius 2 is 2.21 bits per heavy atom. The minimum absolute atomic E-state index is 0.00784. The van der Waals surface area contributed by atoms with E-state index in [1.165, 1.54) is 0 Å². The van der Waals surface area contributed by atoms with Crippen molar-refractivity contribution in [3.05, 3.63) is 17.7 Å². The van der Waals surface area contributed by atoms with Gasteiger partial charge < -0.3 is 14.6 Å². The van der Waals surface area contributed by atoms with E-state index in [1.807, 2.05) is 0 Å². The highest BCUT2D eigenvalue weighted by molar-refractivity contribution is 8.00. The number of rotatable bonds is 8. The van der Waals surface area contributed by atoms with E-state index in [1.54, 1.807) is 24.8 Å². The second-order valence-electron chi connectivity index (χ2n) is 3.91. The first-order valence-electron chi connectivity index (χ1n) is 5.85. The number of nitrogens with zero attached hydrogens (tertiary/aromatic N) is 2. The lowest BCUT2D eigenvalue weighted by Gasteiger charge is -2.11. The van der Waals surface area contributed by atoms with Crippen LogP contribution in [0.2, 0.25) is 0 Å². The Kier molecular flexibility index (Phi) is 6.67. The van der Waals surface area contributed by atoms with Crippen LogP contribution in [0.15, 0.2) is 6.20 Å². The molecule has 0 radical (unpaired) electrons. The first kappa shape index (κ1) is 16.3. The van der Waals surface area contributed by atoms with E-state index in [9.17, 15) is 13.2 Å². The Balaban J connectivity index is 2.45. The summed E-state index contributed by atoms with van der Waals surface area (Å²) >= 11 is -0.00784. The van der Waals surface area contributed by atoms with Crippen molar-refractivity contribution in [2.24, 2.45) is 0 Å². The zero-order valence-electron chi connectivity index (χ0n) is 11.0. The first-order valence-corrected chi connectivity index (χ1v) is 6.84. The molecule has 1 N–H and O–H groups in total. The fourth-order valence-electron chi connectivity index (χ4n) is 1.60. The van der Waals surface area contributed by atoms with Crippen LogP contribution >= 0.6 is 11.8 Å². The molecule has 0 spiro atoms. The van der Waals surface area contributed by atoms with E-state index in [0.717, 1.165) is 11.5 Å². The molecule has 0 saturated heterocycles. The molecule has 0 saturated carbocycles. The molecule has 0 fully saturated rings. The van der Waals surface area contributed by atoms with Crippen LogP contribution in [0.1, 0.15) is 11.5 Å². The highest BCUT2D eigenvalue weighted by Crippen LogP contribution is 2.30. The van der Waals surface area contributed by atoms with Gasteiger partial charge in [-0.3, -0.25) is 0 Å². The fourth-order valence-corrected chi connectivity index (χ4v) is 2.11. The third kappa shape index (κ3) is 6.31. The van der Waals surface area contributed by atoms with Gasteiger partial charge in [0.25, 0.3) is 0 Å². The van der Waals surface area contributed by atoms with Gasteiger partial charge in [-0.05, 0) is 18.7 Å². The van der Waals surface area contributed by atoms with Gasteiger partial charge in [-0.1, -0.05) is 0 Å². The van der Waals surface area contributed by atoms with Crippen molar-refractivity contribution in [1.29, 1.82) is 0 Å². The lowest BCUT2D eigenvalue weighted by Crippen LogP contribution is -2.21. The standard InChI is InChI=1S/C11H18F3N3OS/c1-9-16-8-10(7-15-3-5-18-2)17(9)4-6-19-11(12,13)14/h8,15H,3-7H2,1-2H3. The van der Waals surface area contributed by atoms with Crippen LogP contribution in [0.5, 0.6) is 0 Å². The van der Waals surface area contributed by atoms with Gasteiger partial charge in [-0.2, -0.15) is 13.2 Å². The van der Waals surface area contributed by atoms with Gasteiger partial charge in [0.2, 0.25) is 0 Å². The molecule has 8 heteroatoms. The number of aryl methyl sites for hydroxylation is 1. The van der Waals surface area contributed by atoms with Crippen molar-refractivity contribution in [3.63, 3.8) is 0 Å². The van der Waals surface area contributed by atoms with Gasteiger partial charge in [0.15, 0.2) is 0 Å². The minimum Gasteiger partial charge on any atom is -0.383 e. The summed E-state index contributed by atoms with van der Waals surface area (Å²) in [4.78, 5) is 4.13. The summed E-state index contributed by atoms with van der Waals surface area (Å²) in [5.74, 6) is 0.720. The summed E-state index contributed by atoms with van der Waals surface area (Å²) in [6, 6.07) is 0. The summed E-state index contributed by atoms with van der Waals surface area (Å²) in [5.41, 5.74) is -3.29. The summed E-state index contributed by atoms with van der Waals surface area (Å²) in [6.45, 7) is 3.95. The van der Waals surface area contributed by atoms with Crippen LogP contribution in [0.4, 0.5) is 13.2 Å². The molecule has 110 valence electrons. The first-order chi connectivity index (χ1) is 8.94. The van der Waals surface area contributed by atoms with Crippen molar-refractivity contribution in [2.45, 2.75) is 25.5 Å².